The number of hydrogen-bond donors (Lipinski definition) is 1. The second-order valence-electron chi connectivity index (χ2n) is 4.25. The fourth-order valence-electron chi connectivity index (χ4n) is 2.34. The molecule has 0 radical (unpaired) electrons. The molecule has 0 bridgehead atoms. The zero-order valence-electron chi connectivity index (χ0n) is 9.36. The minimum atomic E-state index is -0.304. The van der Waals surface area contributed by atoms with E-state index in [1.54, 1.807) is 11.3 Å². The predicted molar refractivity (Wildman–Crippen MR) is 67.2 cm³/mol. The Morgan fingerprint density at radius 1 is 1.62 bits per heavy atom. The van der Waals surface area contributed by atoms with Crippen LogP contribution in [0.3, 0.4) is 0 Å². The van der Waals surface area contributed by atoms with Gasteiger partial charge in [0.1, 0.15) is 0 Å². The SMILES string of the molecule is CCC1OCCC1C(O)Cc1ccc(Cl)s1. The van der Waals surface area contributed by atoms with Crippen LogP contribution in [0.25, 0.3) is 0 Å². The van der Waals surface area contributed by atoms with Crippen molar-refractivity contribution in [3.63, 3.8) is 0 Å². The van der Waals surface area contributed by atoms with Crippen molar-refractivity contribution in [2.45, 2.75) is 38.4 Å². The lowest BCUT2D eigenvalue weighted by Crippen LogP contribution is -2.29. The Labute approximate surface area is 105 Å². The minimum Gasteiger partial charge on any atom is -0.392 e. The predicted octanol–water partition coefficient (Wildman–Crippen LogP) is 3.12. The molecule has 2 rings (SSSR count). The highest BCUT2D eigenvalue weighted by atomic mass is 35.5. The molecule has 3 unspecified atom stereocenters. The van der Waals surface area contributed by atoms with Crippen LogP contribution in [0.1, 0.15) is 24.6 Å². The standard InChI is InChI=1S/C12H17ClO2S/c1-2-11-9(5-6-15-11)10(14)7-8-3-4-12(13)16-8/h3-4,9-11,14H,2,5-7H2,1H3. The number of ether oxygens (including phenoxy) is 1. The number of aliphatic hydroxyl groups is 1. The second-order valence-corrected chi connectivity index (χ2v) is 6.05. The smallest absolute Gasteiger partial charge is 0.0931 e. The summed E-state index contributed by atoms with van der Waals surface area (Å²) in [6.45, 7) is 2.89. The normalized spacial score (nSPS) is 27.2. The molecule has 1 aromatic rings. The molecule has 4 heteroatoms. The quantitative estimate of drug-likeness (QED) is 0.901. The van der Waals surface area contributed by atoms with Crippen LogP contribution in [-0.4, -0.2) is 23.9 Å². The highest BCUT2D eigenvalue weighted by Gasteiger charge is 2.32. The minimum absolute atomic E-state index is 0.227. The van der Waals surface area contributed by atoms with Crippen molar-refractivity contribution in [2.75, 3.05) is 6.61 Å². The lowest BCUT2D eigenvalue weighted by Gasteiger charge is -2.22. The largest absolute Gasteiger partial charge is 0.392 e. The van der Waals surface area contributed by atoms with E-state index in [2.05, 4.69) is 6.92 Å². The van der Waals surface area contributed by atoms with Gasteiger partial charge in [0.05, 0.1) is 16.5 Å². The zero-order chi connectivity index (χ0) is 11.5. The molecule has 0 amide bonds. The number of aliphatic hydroxyl groups excluding tert-OH is 1. The Balaban J connectivity index is 1.94. The van der Waals surface area contributed by atoms with Gasteiger partial charge in [-0.05, 0) is 25.0 Å². The van der Waals surface area contributed by atoms with Crippen LogP contribution in [0.2, 0.25) is 4.34 Å². The first kappa shape index (κ1) is 12.4. The summed E-state index contributed by atoms with van der Waals surface area (Å²) in [4.78, 5) is 1.15. The number of thiophene rings is 1. The molecule has 0 aromatic carbocycles. The van der Waals surface area contributed by atoms with Crippen molar-refractivity contribution >= 4 is 22.9 Å². The molecule has 0 spiro atoms. The molecule has 1 N–H and O–H groups in total. The molecule has 16 heavy (non-hydrogen) atoms. The molecule has 3 atom stereocenters. The van der Waals surface area contributed by atoms with E-state index in [0.717, 1.165) is 28.7 Å². The average molecular weight is 261 g/mol. The van der Waals surface area contributed by atoms with Gasteiger partial charge in [-0.1, -0.05) is 18.5 Å². The first-order valence-electron chi connectivity index (χ1n) is 5.74. The van der Waals surface area contributed by atoms with Crippen LogP contribution in [0.4, 0.5) is 0 Å². The van der Waals surface area contributed by atoms with Gasteiger partial charge in [0.15, 0.2) is 0 Å². The van der Waals surface area contributed by atoms with Gasteiger partial charge in [0.25, 0.3) is 0 Å². The summed E-state index contributed by atoms with van der Waals surface area (Å²) in [6, 6.07) is 3.88. The van der Waals surface area contributed by atoms with Crippen molar-refractivity contribution in [1.82, 2.24) is 0 Å². The van der Waals surface area contributed by atoms with Gasteiger partial charge in [-0.25, -0.2) is 0 Å². The third-order valence-electron chi connectivity index (χ3n) is 3.20. The number of rotatable bonds is 4. The van der Waals surface area contributed by atoms with Gasteiger partial charge in [-0.2, -0.15) is 0 Å². The van der Waals surface area contributed by atoms with Crippen molar-refractivity contribution in [3.05, 3.63) is 21.3 Å². The third-order valence-corrected chi connectivity index (χ3v) is 4.45. The summed E-state index contributed by atoms with van der Waals surface area (Å²) in [7, 11) is 0. The van der Waals surface area contributed by atoms with Crippen LogP contribution >= 0.6 is 22.9 Å². The Morgan fingerprint density at radius 3 is 3.06 bits per heavy atom. The lowest BCUT2D eigenvalue weighted by molar-refractivity contribution is 0.0321. The molecule has 1 aromatic heterocycles. The maximum Gasteiger partial charge on any atom is 0.0931 e. The van der Waals surface area contributed by atoms with Crippen molar-refractivity contribution in [3.8, 4) is 0 Å². The first-order chi connectivity index (χ1) is 7.70. The molecule has 0 aliphatic carbocycles. The van der Waals surface area contributed by atoms with Gasteiger partial charge in [-0.3, -0.25) is 0 Å². The fourth-order valence-corrected chi connectivity index (χ4v) is 3.48. The van der Waals surface area contributed by atoms with E-state index < -0.39 is 0 Å². The molecule has 2 heterocycles. The van der Waals surface area contributed by atoms with Gasteiger partial charge in [-0.15, -0.1) is 11.3 Å². The van der Waals surface area contributed by atoms with Crippen molar-refractivity contribution < 1.29 is 9.84 Å². The summed E-state index contributed by atoms with van der Waals surface area (Å²) >= 11 is 7.42. The summed E-state index contributed by atoms with van der Waals surface area (Å²) in [5, 5.41) is 10.2. The highest BCUT2D eigenvalue weighted by molar-refractivity contribution is 7.16. The Bertz CT molecular complexity index is 340. The van der Waals surface area contributed by atoms with E-state index >= 15 is 0 Å². The molecule has 1 aliphatic rings. The maximum absolute atomic E-state index is 10.2. The van der Waals surface area contributed by atoms with Crippen molar-refractivity contribution in [2.24, 2.45) is 5.92 Å². The molecule has 1 fully saturated rings. The zero-order valence-corrected chi connectivity index (χ0v) is 10.9. The Kier molecular flexibility index (Phi) is 4.25. The van der Waals surface area contributed by atoms with Crippen LogP contribution < -0.4 is 0 Å². The molecular formula is C12H17ClO2S. The van der Waals surface area contributed by atoms with E-state index in [1.807, 2.05) is 12.1 Å². The van der Waals surface area contributed by atoms with Gasteiger partial charge in [0, 0.05) is 23.8 Å². The lowest BCUT2D eigenvalue weighted by atomic mass is 9.91. The van der Waals surface area contributed by atoms with Gasteiger partial charge >= 0.3 is 0 Å². The van der Waals surface area contributed by atoms with Crippen LogP contribution in [-0.2, 0) is 11.2 Å². The van der Waals surface area contributed by atoms with Crippen molar-refractivity contribution in [1.29, 1.82) is 0 Å². The van der Waals surface area contributed by atoms with E-state index in [1.165, 1.54) is 0 Å². The van der Waals surface area contributed by atoms with E-state index in [4.69, 9.17) is 16.3 Å². The maximum atomic E-state index is 10.2. The summed E-state index contributed by atoms with van der Waals surface area (Å²) in [5.74, 6) is 0.283. The number of hydrogen-bond acceptors (Lipinski definition) is 3. The molecule has 90 valence electrons. The topological polar surface area (TPSA) is 29.5 Å². The average Bonchev–Trinajstić information content (AvgIpc) is 2.86. The van der Waals surface area contributed by atoms with E-state index in [0.29, 0.717) is 6.42 Å². The van der Waals surface area contributed by atoms with Crippen LogP contribution in [0.5, 0.6) is 0 Å². The molecule has 2 nitrogen and oxygen atoms in total. The summed E-state index contributed by atoms with van der Waals surface area (Å²) in [5.41, 5.74) is 0. The van der Waals surface area contributed by atoms with Crippen LogP contribution in [0, 0.1) is 5.92 Å². The molecular weight excluding hydrogens is 244 g/mol. The summed E-state index contributed by atoms with van der Waals surface area (Å²) < 4.78 is 6.38. The Morgan fingerprint density at radius 2 is 2.44 bits per heavy atom. The third kappa shape index (κ3) is 2.77. The monoisotopic (exact) mass is 260 g/mol. The summed E-state index contributed by atoms with van der Waals surface area (Å²) in [6.07, 6.45) is 2.57. The van der Waals surface area contributed by atoms with Gasteiger partial charge < -0.3 is 9.84 Å². The number of halogens is 1. The van der Waals surface area contributed by atoms with Gasteiger partial charge in [0.2, 0.25) is 0 Å². The molecule has 1 aliphatic heterocycles. The highest BCUT2D eigenvalue weighted by Crippen LogP contribution is 2.30. The first-order valence-corrected chi connectivity index (χ1v) is 6.94. The van der Waals surface area contributed by atoms with E-state index in [-0.39, 0.29) is 18.1 Å². The Hall–Kier alpha value is -0.0900. The molecule has 1 saturated heterocycles. The van der Waals surface area contributed by atoms with E-state index in [9.17, 15) is 5.11 Å². The van der Waals surface area contributed by atoms with Crippen LogP contribution in [0.15, 0.2) is 12.1 Å². The molecule has 0 saturated carbocycles. The fraction of sp³-hybridized carbons (Fsp3) is 0.667. The second kappa shape index (κ2) is 5.50.